The molecule has 4 heteroatoms. The van der Waals surface area contributed by atoms with Crippen LogP contribution in [0.1, 0.15) is 79.6 Å². The minimum absolute atomic E-state index is 0.209. The Hall–Kier alpha value is -0.770. The van der Waals surface area contributed by atoms with Crippen LogP contribution in [0.4, 0.5) is 4.79 Å². The van der Waals surface area contributed by atoms with E-state index in [0.717, 1.165) is 6.54 Å². The molecule has 0 heterocycles. The molecule has 2 rings (SSSR count). The number of hydrogen-bond donors (Lipinski definition) is 2. The molecule has 0 bridgehead atoms. The van der Waals surface area contributed by atoms with Crippen molar-refractivity contribution < 1.29 is 9.53 Å². The summed E-state index contributed by atoms with van der Waals surface area (Å²) in [6.45, 7) is 11.4. The highest BCUT2D eigenvalue weighted by atomic mass is 16.6. The third kappa shape index (κ3) is 7.11. The Kier molecular flexibility index (Phi) is 5.99. The number of alkyl carbamates (subject to hydrolysis) is 1. The summed E-state index contributed by atoms with van der Waals surface area (Å²) in [6, 6.07) is 0.805. The minimum Gasteiger partial charge on any atom is -0.444 e. The van der Waals surface area contributed by atoms with Gasteiger partial charge in [-0.25, -0.2) is 4.79 Å². The monoisotopic (exact) mass is 324 g/mol. The predicted octanol–water partition coefficient (Wildman–Crippen LogP) is 4.24. The first-order valence-electron chi connectivity index (χ1n) is 9.37. The summed E-state index contributed by atoms with van der Waals surface area (Å²) in [7, 11) is 0. The van der Waals surface area contributed by atoms with Gasteiger partial charge >= 0.3 is 6.09 Å². The van der Waals surface area contributed by atoms with E-state index < -0.39 is 5.60 Å². The molecular formula is C19H36N2O2. The molecule has 134 valence electrons. The maximum atomic E-state index is 12.0. The summed E-state index contributed by atoms with van der Waals surface area (Å²) in [5, 5.41) is 6.80. The van der Waals surface area contributed by atoms with Crippen molar-refractivity contribution in [3.63, 3.8) is 0 Å². The highest BCUT2D eigenvalue weighted by Crippen LogP contribution is 2.35. The molecule has 0 aromatic rings. The quantitative estimate of drug-likeness (QED) is 0.744. The fourth-order valence-electron chi connectivity index (χ4n) is 3.45. The van der Waals surface area contributed by atoms with Gasteiger partial charge in [-0.3, -0.25) is 0 Å². The van der Waals surface area contributed by atoms with Crippen LogP contribution in [0.3, 0.4) is 0 Å². The molecule has 2 aliphatic carbocycles. The topological polar surface area (TPSA) is 50.4 Å². The fraction of sp³-hybridized carbons (Fsp3) is 0.947. The first-order chi connectivity index (χ1) is 10.6. The number of carbonyl (C=O) groups is 1. The minimum atomic E-state index is -0.432. The molecule has 2 fully saturated rings. The van der Waals surface area contributed by atoms with Crippen molar-refractivity contribution in [3.8, 4) is 0 Å². The van der Waals surface area contributed by atoms with Crippen molar-refractivity contribution in [1.82, 2.24) is 10.6 Å². The summed E-state index contributed by atoms with van der Waals surface area (Å²) in [5.41, 5.74) is 0.0551. The van der Waals surface area contributed by atoms with E-state index >= 15 is 0 Å². The van der Waals surface area contributed by atoms with Gasteiger partial charge in [-0.05, 0) is 70.6 Å². The van der Waals surface area contributed by atoms with Gasteiger partial charge in [0.25, 0.3) is 0 Å². The van der Waals surface area contributed by atoms with Crippen molar-refractivity contribution >= 4 is 6.09 Å². The fourth-order valence-corrected chi connectivity index (χ4v) is 3.45. The Bertz CT molecular complexity index is 397. The summed E-state index contributed by atoms with van der Waals surface area (Å²) in [4.78, 5) is 12.0. The van der Waals surface area contributed by atoms with Gasteiger partial charge in [0.15, 0.2) is 0 Å². The van der Waals surface area contributed by atoms with Crippen molar-refractivity contribution in [2.24, 2.45) is 11.3 Å². The Morgan fingerprint density at radius 3 is 2.48 bits per heavy atom. The Morgan fingerprint density at radius 1 is 1.17 bits per heavy atom. The van der Waals surface area contributed by atoms with Crippen molar-refractivity contribution in [2.75, 3.05) is 6.54 Å². The first-order valence-corrected chi connectivity index (χ1v) is 9.37. The Morgan fingerprint density at radius 2 is 1.87 bits per heavy atom. The van der Waals surface area contributed by atoms with Crippen LogP contribution >= 0.6 is 0 Å². The Labute approximate surface area is 142 Å². The van der Waals surface area contributed by atoms with Gasteiger partial charge in [0.2, 0.25) is 0 Å². The molecular weight excluding hydrogens is 288 g/mol. The van der Waals surface area contributed by atoms with Crippen LogP contribution < -0.4 is 10.6 Å². The van der Waals surface area contributed by atoms with E-state index in [-0.39, 0.29) is 12.1 Å². The lowest BCUT2D eigenvalue weighted by atomic mass is 9.85. The average Bonchev–Trinajstić information content (AvgIpc) is 3.21. The van der Waals surface area contributed by atoms with E-state index in [9.17, 15) is 4.79 Å². The molecule has 2 saturated carbocycles. The summed E-state index contributed by atoms with van der Waals surface area (Å²) >= 11 is 0. The maximum Gasteiger partial charge on any atom is 0.407 e. The average molecular weight is 325 g/mol. The maximum absolute atomic E-state index is 12.0. The van der Waals surface area contributed by atoms with Crippen molar-refractivity contribution in [1.29, 1.82) is 0 Å². The first kappa shape index (κ1) is 18.6. The second-order valence-corrected chi connectivity index (χ2v) is 9.29. The predicted molar refractivity (Wildman–Crippen MR) is 94.5 cm³/mol. The lowest BCUT2D eigenvalue weighted by Gasteiger charge is -2.26. The van der Waals surface area contributed by atoms with Gasteiger partial charge in [0.1, 0.15) is 5.60 Å². The molecule has 1 amide bonds. The molecule has 2 aliphatic rings. The number of amides is 1. The van der Waals surface area contributed by atoms with E-state index in [1.165, 1.54) is 44.9 Å². The molecule has 4 nitrogen and oxygen atoms in total. The molecule has 0 saturated heterocycles. The zero-order valence-electron chi connectivity index (χ0n) is 15.7. The number of ether oxygens (including phenoxy) is 1. The smallest absolute Gasteiger partial charge is 0.407 e. The van der Waals surface area contributed by atoms with E-state index in [2.05, 4.69) is 24.5 Å². The summed E-state index contributed by atoms with van der Waals surface area (Å²) < 4.78 is 5.41. The molecule has 0 aliphatic heterocycles. The van der Waals surface area contributed by atoms with Gasteiger partial charge in [-0.15, -0.1) is 0 Å². The highest BCUT2D eigenvalue weighted by molar-refractivity contribution is 5.68. The van der Waals surface area contributed by atoms with Crippen molar-refractivity contribution in [3.05, 3.63) is 0 Å². The summed E-state index contributed by atoms with van der Waals surface area (Å²) in [6.07, 6.45) is 8.59. The lowest BCUT2D eigenvalue weighted by Crippen LogP contribution is -2.47. The van der Waals surface area contributed by atoms with Crippen LogP contribution in [0.25, 0.3) is 0 Å². The third-order valence-electron chi connectivity index (χ3n) is 5.10. The largest absolute Gasteiger partial charge is 0.444 e. The normalized spacial score (nSPS) is 26.2. The van der Waals surface area contributed by atoms with Crippen LogP contribution in [0.5, 0.6) is 0 Å². The van der Waals surface area contributed by atoms with Crippen LogP contribution in [-0.2, 0) is 4.74 Å². The number of hydrogen-bond acceptors (Lipinski definition) is 3. The zero-order chi connectivity index (χ0) is 17.1. The number of carbonyl (C=O) groups excluding carboxylic acids is 1. The van der Waals surface area contributed by atoms with Gasteiger partial charge < -0.3 is 15.4 Å². The standard InChI is InChI=1S/C19H36N2O2/c1-18(2,3)23-17(22)21-16(14-8-9-14)13-20-15-7-6-11-19(4,5)12-10-15/h14-16,20H,6-13H2,1-5H3,(H,21,22). The molecule has 0 aromatic carbocycles. The molecule has 0 spiro atoms. The van der Waals surface area contributed by atoms with E-state index in [1.807, 2.05) is 20.8 Å². The molecule has 23 heavy (non-hydrogen) atoms. The van der Waals surface area contributed by atoms with E-state index in [1.54, 1.807) is 0 Å². The number of nitrogens with one attached hydrogen (secondary N) is 2. The van der Waals surface area contributed by atoms with Crippen LogP contribution in [0.15, 0.2) is 0 Å². The highest BCUT2D eigenvalue weighted by Gasteiger charge is 2.34. The molecule has 2 unspecified atom stereocenters. The molecule has 0 radical (unpaired) electrons. The Balaban J connectivity index is 1.78. The van der Waals surface area contributed by atoms with Crippen molar-refractivity contribution in [2.45, 2.75) is 97.2 Å². The SMILES string of the molecule is CC1(C)CCCC(NCC(NC(=O)OC(C)(C)C)C2CC2)CC1. The van der Waals surface area contributed by atoms with E-state index in [4.69, 9.17) is 4.74 Å². The second kappa shape index (κ2) is 7.42. The van der Waals surface area contributed by atoms with Crippen LogP contribution in [0.2, 0.25) is 0 Å². The van der Waals surface area contributed by atoms with Crippen LogP contribution in [0, 0.1) is 11.3 Å². The molecule has 2 N–H and O–H groups in total. The lowest BCUT2D eigenvalue weighted by molar-refractivity contribution is 0.0496. The van der Waals surface area contributed by atoms with Gasteiger partial charge in [-0.2, -0.15) is 0 Å². The third-order valence-corrected chi connectivity index (χ3v) is 5.10. The summed E-state index contributed by atoms with van der Waals surface area (Å²) in [5.74, 6) is 0.622. The van der Waals surface area contributed by atoms with E-state index in [0.29, 0.717) is 17.4 Å². The molecule has 0 aromatic heterocycles. The van der Waals surface area contributed by atoms with Gasteiger partial charge in [0, 0.05) is 18.6 Å². The van der Waals surface area contributed by atoms with Gasteiger partial charge in [0.05, 0.1) is 0 Å². The number of rotatable bonds is 5. The van der Waals surface area contributed by atoms with Crippen LogP contribution in [-0.4, -0.2) is 30.3 Å². The zero-order valence-corrected chi connectivity index (χ0v) is 15.7. The molecule has 2 atom stereocenters. The van der Waals surface area contributed by atoms with Gasteiger partial charge in [-0.1, -0.05) is 20.3 Å². The second-order valence-electron chi connectivity index (χ2n) is 9.29.